The van der Waals surface area contributed by atoms with Gasteiger partial charge in [0.15, 0.2) is 6.10 Å². The van der Waals surface area contributed by atoms with E-state index in [1.54, 1.807) is 19.1 Å². The highest BCUT2D eigenvalue weighted by atomic mass is 16.5. The molecule has 0 aliphatic heterocycles. The van der Waals surface area contributed by atoms with E-state index in [1.165, 1.54) is 13.0 Å². The van der Waals surface area contributed by atoms with Gasteiger partial charge in [0.2, 0.25) is 0 Å². The van der Waals surface area contributed by atoms with E-state index in [2.05, 4.69) is 0 Å². The first-order valence-corrected chi connectivity index (χ1v) is 4.66. The SMILES string of the molecule is Cc1cccc(C(=O)O)c1OC(C)C(=O)O. The van der Waals surface area contributed by atoms with E-state index in [9.17, 15) is 9.59 Å². The molecule has 1 aromatic rings. The van der Waals surface area contributed by atoms with Crippen LogP contribution in [-0.2, 0) is 4.79 Å². The number of rotatable bonds is 4. The van der Waals surface area contributed by atoms with Gasteiger partial charge in [-0.3, -0.25) is 0 Å². The van der Waals surface area contributed by atoms with Gasteiger partial charge in [-0.05, 0) is 25.5 Å². The van der Waals surface area contributed by atoms with Gasteiger partial charge < -0.3 is 14.9 Å². The van der Waals surface area contributed by atoms with Crippen molar-refractivity contribution >= 4 is 11.9 Å². The summed E-state index contributed by atoms with van der Waals surface area (Å²) in [4.78, 5) is 21.5. The Hall–Kier alpha value is -2.04. The fourth-order valence-corrected chi connectivity index (χ4v) is 1.20. The van der Waals surface area contributed by atoms with E-state index in [1.807, 2.05) is 0 Å². The molecule has 1 atom stereocenters. The molecule has 2 N–H and O–H groups in total. The Morgan fingerprint density at radius 3 is 2.44 bits per heavy atom. The molecule has 0 aliphatic rings. The molecule has 16 heavy (non-hydrogen) atoms. The molecule has 5 nitrogen and oxygen atoms in total. The molecule has 0 saturated carbocycles. The Balaban J connectivity index is 3.11. The van der Waals surface area contributed by atoms with Gasteiger partial charge in [0.25, 0.3) is 0 Å². The molecule has 86 valence electrons. The van der Waals surface area contributed by atoms with Crippen LogP contribution in [-0.4, -0.2) is 28.3 Å². The summed E-state index contributed by atoms with van der Waals surface area (Å²) >= 11 is 0. The Morgan fingerprint density at radius 2 is 1.94 bits per heavy atom. The fourth-order valence-electron chi connectivity index (χ4n) is 1.20. The molecular formula is C11H12O5. The van der Waals surface area contributed by atoms with Gasteiger partial charge in [-0.1, -0.05) is 12.1 Å². The van der Waals surface area contributed by atoms with Crippen LogP contribution in [0, 0.1) is 6.92 Å². The number of ether oxygens (including phenoxy) is 1. The fraction of sp³-hybridized carbons (Fsp3) is 0.273. The van der Waals surface area contributed by atoms with Crippen molar-refractivity contribution in [1.29, 1.82) is 0 Å². The Labute approximate surface area is 92.3 Å². The number of carboxylic acid groups (broad SMARTS) is 2. The number of hydrogen-bond acceptors (Lipinski definition) is 3. The summed E-state index contributed by atoms with van der Waals surface area (Å²) in [6, 6.07) is 4.62. The normalized spacial score (nSPS) is 11.9. The van der Waals surface area contributed by atoms with Crippen molar-refractivity contribution in [3.63, 3.8) is 0 Å². The molecule has 0 spiro atoms. The van der Waals surface area contributed by atoms with Gasteiger partial charge in [0.05, 0.1) is 0 Å². The molecule has 0 heterocycles. The molecule has 0 bridgehead atoms. The lowest BCUT2D eigenvalue weighted by Gasteiger charge is -2.14. The van der Waals surface area contributed by atoms with E-state index in [0.29, 0.717) is 5.56 Å². The van der Waals surface area contributed by atoms with Crippen LogP contribution in [0.2, 0.25) is 0 Å². The number of aromatic carboxylic acids is 1. The monoisotopic (exact) mass is 224 g/mol. The average Bonchev–Trinajstić information content (AvgIpc) is 2.20. The highest BCUT2D eigenvalue weighted by Crippen LogP contribution is 2.24. The first-order valence-electron chi connectivity index (χ1n) is 4.66. The number of aliphatic carboxylic acids is 1. The lowest BCUT2D eigenvalue weighted by atomic mass is 10.1. The lowest BCUT2D eigenvalue weighted by molar-refractivity contribution is -0.144. The Bertz CT molecular complexity index is 424. The first-order chi connectivity index (χ1) is 7.43. The minimum Gasteiger partial charge on any atom is -0.479 e. The summed E-state index contributed by atoms with van der Waals surface area (Å²) in [5.41, 5.74) is 0.557. The topological polar surface area (TPSA) is 83.8 Å². The maximum atomic E-state index is 10.9. The van der Waals surface area contributed by atoms with E-state index in [-0.39, 0.29) is 11.3 Å². The lowest BCUT2D eigenvalue weighted by Crippen LogP contribution is -2.24. The van der Waals surface area contributed by atoms with Gasteiger partial charge in [-0.2, -0.15) is 0 Å². The summed E-state index contributed by atoms with van der Waals surface area (Å²) in [5, 5.41) is 17.6. The second-order valence-corrected chi connectivity index (χ2v) is 3.36. The number of para-hydroxylation sites is 1. The third-order valence-corrected chi connectivity index (χ3v) is 2.08. The third kappa shape index (κ3) is 2.50. The number of carbonyl (C=O) groups is 2. The largest absolute Gasteiger partial charge is 0.479 e. The van der Waals surface area contributed by atoms with E-state index < -0.39 is 18.0 Å². The van der Waals surface area contributed by atoms with Crippen molar-refractivity contribution in [3.05, 3.63) is 29.3 Å². The third-order valence-electron chi connectivity index (χ3n) is 2.08. The zero-order valence-corrected chi connectivity index (χ0v) is 8.93. The molecule has 0 aromatic heterocycles. The van der Waals surface area contributed by atoms with Crippen LogP contribution < -0.4 is 4.74 Å². The quantitative estimate of drug-likeness (QED) is 0.810. The van der Waals surface area contributed by atoms with E-state index in [4.69, 9.17) is 14.9 Å². The van der Waals surface area contributed by atoms with Crippen molar-refractivity contribution < 1.29 is 24.5 Å². The van der Waals surface area contributed by atoms with Crippen LogP contribution in [0.1, 0.15) is 22.8 Å². The van der Waals surface area contributed by atoms with E-state index in [0.717, 1.165) is 0 Å². The maximum absolute atomic E-state index is 10.9. The van der Waals surface area contributed by atoms with Crippen molar-refractivity contribution in [2.24, 2.45) is 0 Å². The van der Waals surface area contributed by atoms with Crippen LogP contribution >= 0.6 is 0 Å². The van der Waals surface area contributed by atoms with Gasteiger partial charge in [-0.15, -0.1) is 0 Å². The summed E-state index contributed by atoms with van der Waals surface area (Å²) in [6.45, 7) is 3.01. The minimum atomic E-state index is -1.14. The molecule has 0 amide bonds. The van der Waals surface area contributed by atoms with Crippen molar-refractivity contribution in [3.8, 4) is 5.75 Å². The number of aryl methyl sites for hydroxylation is 1. The summed E-state index contributed by atoms with van der Waals surface area (Å²) in [7, 11) is 0. The predicted octanol–water partition coefficient (Wildman–Crippen LogP) is 1.55. The van der Waals surface area contributed by atoms with Crippen LogP contribution in [0.15, 0.2) is 18.2 Å². The predicted molar refractivity (Wildman–Crippen MR) is 55.9 cm³/mol. The number of benzene rings is 1. The zero-order valence-electron chi connectivity index (χ0n) is 8.93. The van der Waals surface area contributed by atoms with Crippen molar-refractivity contribution in [2.75, 3.05) is 0 Å². The molecule has 5 heteroatoms. The molecule has 1 aromatic carbocycles. The molecule has 1 rings (SSSR count). The molecular weight excluding hydrogens is 212 g/mol. The Morgan fingerprint density at radius 1 is 1.31 bits per heavy atom. The summed E-state index contributed by atoms with van der Waals surface area (Å²) in [5.74, 6) is -2.18. The maximum Gasteiger partial charge on any atom is 0.344 e. The van der Waals surface area contributed by atoms with Gasteiger partial charge in [-0.25, -0.2) is 9.59 Å². The average molecular weight is 224 g/mol. The van der Waals surface area contributed by atoms with E-state index >= 15 is 0 Å². The smallest absolute Gasteiger partial charge is 0.344 e. The highest BCUT2D eigenvalue weighted by Gasteiger charge is 2.19. The molecule has 0 saturated heterocycles. The van der Waals surface area contributed by atoms with Crippen LogP contribution in [0.25, 0.3) is 0 Å². The van der Waals surface area contributed by atoms with Gasteiger partial charge in [0.1, 0.15) is 11.3 Å². The highest BCUT2D eigenvalue weighted by molar-refractivity contribution is 5.91. The standard InChI is InChI=1S/C11H12O5/c1-6-4-3-5-8(11(14)15)9(6)16-7(2)10(12)13/h3-5,7H,1-2H3,(H,12,13)(H,14,15). The second-order valence-electron chi connectivity index (χ2n) is 3.36. The molecule has 1 unspecified atom stereocenters. The Kier molecular flexibility index (Phi) is 3.50. The minimum absolute atomic E-state index is 0.0342. The zero-order chi connectivity index (χ0) is 12.3. The van der Waals surface area contributed by atoms with Crippen LogP contribution in [0.4, 0.5) is 0 Å². The summed E-state index contributed by atoms with van der Waals surface area (Å²) in [6.07, 6.45) is -1.08. The van der Waals surface area contributed by atoms with Crippen molar-refractivity contribution in [2.45, 2.75) is 20.0 Å². The van der Waals surface area contributed by atoms with Gasteiger partial charge >= 0.3 is 11.9 Å². The number of hydrogen-bond donors (Lipinski definition) is 2. The van der Waals surface area contributed by atoms with Crippen LogP contribution in [0.5, 0.6) is 5.75 Å². The molecule has 0 fully saturated rings. The first kappa shape index (κ1) is 12.0. The van der Waals surface area contributed by atoms with Gasteiger partial charge in [0, 0.05) is 0 Å². The number of carboxylic acids is 2. The second kappa shape index (κ2) is 4.65. The van der Waals surface area contributed by atoms with Crippen LogP contribution in [0.3, 0.4) is 0 Å². The van der Waals surface area contributed by atoms with Crippen molar-refractivity contribution in [1.82, 2.24) is 0 Å². The summed E-state index contributed by atoms with van der Waals surface area (Å²) < 4.78 is 5.12. The molecule has 0 aliphatic carbocycles. The molecule has 0 radical (unpaired) electrons.